The minimum atomic E-state index is -0.566. The summed E-state index contributed by atoms with van der Waals surface area (Å²) >= 11 is 5.81. The monoisotopic (exact) mass is 317 g/mol. The second kappa shape index (κ2) is 7.61. The molecule has 4 nitrogen and oxygen atoms in total. The number of nitrogens with zero attached hydrogens (tertiary/aromatic N) is 1. The summed E-state index contributed by atoms with van der Waals surface area (Å²) in [4.78, 5) is 25.3. The molecule has 0 aliphatic carbocycles. The summed E-state index contributed by atoms with van der Waals surface area (Å²) in [7, 11) is 1.67. The Labute approximate surface area is 134 Å². The first-order valence-electron chi connectivity index (χ1n) is 6.77. The van der Waals surface area contributed by atoms with Gasteiger partial charge >= 0.3 is 5.97 Å². The Balaban J connectivity index is 1.85. The average Bonchev–Trinajstić information content (AvgIpc) is 2.53. The predicted molar refractivity (Wildman–Crippen MR) is 84.7 cm³/mol. The zero-order chi connectivity index (χ0) is 15.9. The zero-order valence-electron chi connectivity index (χ0n) is 12.2. The highest BCUT2D eigenvalue weighted by Gasteiger charge is 2.14. The molecule has 0 aliphatic heterocycles. The Morgan fingerprint density at radius 3 is 2.50 bits per heavy atom. The van der Waals surface area contributed by atoms with Gasteiger partial charge in [0.25, 0.3) is 5.91 Å². The number of esters is 1. The van der Waals surface area contributed by atoms with Gasteiger partial charge in [-0.2, -0.15) is 0 Å². The Hall–Kier alpha value is -2.33. The molecule has 2 aromatic rings. The smallest absolute Gasteiger partial charge is 0.338 e. The predicted octanol–water partition coefficient (Wildman–Crippen LogP) is 3.16. The van der Waals surface area contributed by atoms with E-state index in [0.717, 1.165) is 5.56 Å². The number of hydrogen-bond donors (Lipinski definition) is 0. The number of ether oxygens (including phenoxy) is 1. The molecular weight excluding hydrogens is 302 g/mol. The maximum absolute atomic E-state index is 12.0. The van der Waals surface area contributed by atoms with Crippen LogP contribution in [-0.2, 0) is 16.1 Å². The van der Waals surface area contributed by atoms with Crippen LogP contribution in [0.3, 0.4) is 0 Å². The van der Waals surface area contributed by atoms with E-state index in [1.807, 2.05) is 30.3 Å². The molecule has 0 spiro atoms. The lowest BCUT2D eigenvalue weighted by Gasteiger charge is -2.17. The number of rotatable bonds is 5. The van der Waals surface area contributed by atoms with Crippen molar-refractivity contribution in [1.29, 1.82) is 0 Å². The highest BCUT2D eigenvalue weighted by atomic mass is 35.5. The van der Waals surface area contributed by atoms with Crippen LogP contribution in [0.25, 0.3) is 0 Å². The van der Waals surface area contributed by atoms with Crippen LogP contribution in [0.4, 0.5) is 0 Å². The van der Waals surface area contributed by atoms with Crippen LogP contribution < -0.4 is 0 Å². The average molecular weight is 318 g/mol. The minimum absolute atomic E-state index is 0.265. The molecule has 2 aromatic carbocycles. The lowest BCUT2D eigenvalue weighted by atomic mass is 10.2. The quantitative estimate of drug-likeness (QED) is 0.796. The van der Waals surface area contributed by atoms with Gasteiger partial charge in [-0.15, -0.1) is 0 Å². The molecule has 0 heterocycles. The number of benzene rings is 2. The van der Waals surface area contributed by atoms with Crippen molar-refractivity contribution >= 4 is 23.5 Å². The van der Waals surface area contributed by atoms with Crippen LogP contribution >= 0.6 is 11.6 Å². The van der Waals surface area contributed by atoms with Crippen LogP contribution in [0.2, 0.25) is 5.02 Å². The number of carbonyl (C=O) groups excluding carboxylic acids is 2. The number of amides is 1. The van der Waals surface area contributed by atoms with Gasteiger partial charge in [0.15, 0.2) is 6.61 Å². The van der Waals surface area contributed by atoms with E-state index in [2.05, 4.69) is 0 Å². The number of halogens is 1. The first-order chi connectivity index (χ1) is 10.6. The number of likely N-dealkylation sites (N-methyl/N-ethyl adjacent to an activating group) is 1. The molecule has 5 heteroatoms. The van der Waals surface area contributed by atoms with Crippen molar-refractivity contribution in [2.75, 3.05) is 13.7 Å². The summed E-state index contributed by atoms with van der Waals surface area (Å²) in [5, 5.41) is 0.446. The fourth-order valence-electron chi connectivity index (χ4n) is 1.88. The summed E-state index contributed by atoms with van der Waals surface area (Å²) in [6, 6.07) is 16.0. The highest BCUT2D eigenvalue weighted by molar-refractivity contribution is 6.30. The maximum Gasteiger partial charge on any atom is 0.338 e. The summed E-state index contributed by atoms with van der Waals surface area (Å²) < 4.78 is 5.01. The first-order valence-corrected chi connectivity index (χ1v) is 7.14. The van der Waals surface area contributed by atoms with Crippen LogP contribution in [0.15, 0.2) is 54.6 Å². The van der Waals surface area contributed by atoms with E-state index in [1.54, 1.807) is 25.2 Å². The maximum atomic E-state index is 12.0. The van der Waals surface area contributed by atoms with E-state index in [-0.39, 0.29) is 12.5 Å². The van der Waals surface area contributed by atoms with Gasteiger partial charge in [0, 0.05) is 18.6 Å². The molecule has 0 saturated heterocycles. The highest BCUT2D eigenvalue weighted by Crippen LogP contribution is 2.11. The third kappa shape index (κ3) is 4.60. The van der Waals surface area contributed by atoms with Crippen molar-refractivity contribution in [3.8, 4) is 0 Å². The largest absolute Gasteiger partial charge is 0.452 e. The fourth-order valence-corrected chi connectivity index (χ4v) is 2.07. The van der Waals surface area contributed by atoms with Crippen LogP contribution in [0.1, 0.15) is 15.9 Å². The van der Waals surface area contributed by atoms with Crippen molar-refractivity contribution in [2.45, 2.75) is 6.54 Å². The van der Waals surface area contributed by atoms with Crippen molar-refractivity contribution in [2.24, 2.45) is 0 Å². The van der Waals surface area contributed by atoms with Gasteiger partial charge in [0.2, 0.25) is 0 Å². The van der Waals surface area contributed by atoms with E-state index in [4.69, 9.17) is 16.3 Å². The summed E-state index contributed by atoms with van der Waals surface area (Å²) in [6.45, 7) is 0.170. The van der Waals surface area contributed by atoms with Crippen molar-refractivity contribution in [3.63, 3.8) is 0 Å². The van der Waals surface area contributed by atoms with Gasteiger partial charge in [0.1, 0.15) is 0 Å². The van der Waals surface area contributed by atoms with E-state index >= 15 is 0 Å². The lowest BCUT2D eigenvalue weighted by Crippen LogP contribution is -2.30. The summed E-state index contributed by atoms with van der Waals surface area (Å²) in [5.41, 5.74) is 1.34. The van der Waals surface area contributed by atoms with Gasteiger partial charge in [-0.05, 0) is 23.8 Å². The van der Waals surface area contributed by atoms with Crippen molar-refractivity contribution in [1.82, 2.24) is 4.90 Å². The van der Waals surface area contributed by atoms with Crippen LogP contribution in [0, 0.1) is 0 Å². The molecule has 22 heavy (non-hydrogen) atoms. The van der Waals surface area contributed by atoms with Crippen LogP contribution in [-0.4, -0.2) is 30.4 Å². The summed E-state index contributed by atoms with van der Waals surface area (Å²) in [5.74, 6) is -0.830. The van der Waals surface area contributed by atoms with Gasteiger partial charge in [-0.25, -0.2) is 4.79 Å². The Morgan fingerprint density at radius 2 is 1.82 bits per heavy atom. The fraction of sp³-hybridized carbons (Fsp3) is 0.176. The molecule has 0 aliphatic rings. The SMILES string of the molecule is CN(Cc1ccccc1)C(=O)COC(=O)c1cccc(Cl)c1. The van der Waals surface area contributed by atoms with E-state index in [0.29, 0.717) is 17.1 Å². The Kier molecular flexibility index (Phi) is 5.55. The second-order valence-electron chi connectivity index (χ2n) is 4.82. The normalized spacial score (nSPS) is 10.1. The molecule has 0 N–H and O–H groups in total. The molecule has 0 aromatic heterocycles. The molecule has 114 valence electrons. The third-order valence-electron chi connectivity index (χ3n) is 3.08. The molecule has 0 fully saturated rings. The van der Waals surface area contributed by atoms with Gasteiger partial charge in [0.05, 0.1) is 5.56 Å². The minimum Gasteiger partial charge on any atom is -0.452 e. The molecule has 0 saturated carbocycles. The second-order valence-corrected chi connectivity index (χ2v) is 5.26. The van der Waals surface area contributed by atoms with Crippen molar-refractivity contribution in [3.05, 3.63) is 70.7 Å². The van der Waals surface area contributed by atoms with E-state index < -0.39 is 5.97 Å². The van der Waals surface area contributed by atoms with E-state index in [1.165, 1.54) is 11.0 Å². The lowest BCUT2D eigenvalue weighted by molar-refractivity contribution is -0.133. The molecule has 0 radical (unpaired) electrons. The van der Waals surface area contributed by atoms with Gasteiger partial charge in [-0.3, -0.25) is 4.79 Å². The molecular formula is C17H16ClNO3. The third-order valence-corrected chi connectivity index (χ3v) is 3.31. The molecule has 0 bridgehead atoms. The number of hydrogen-bond acceptors (Lipinski definition) is 3. The molecule has 0 atom stereocenters. The van der Waals surface area contributed by atoms with Gasteiger partial charge in [-0.1, -0.05) is 48.0 Å². The number of carbonyl (C=O) groups is 2. The standard InChI is InChI=1S/C17H16ClNO3/c1-19(11-13-6-3-2-4-7-13)16(20)12-22-17(21)14-8-5-9-15(18)10-14/h2-10H,11-12H2,1H3. The Morgan fingerprint density at radius 1 is 1.09 bits per heavy atom. The molecule has 2 rings (SSSR count). The van der Waals surface area contributed by atoms with Crippen LogP contribution in [0.5, 0.6) is 0 Å². The molecule has 1 amide bonds. The topological polar surface area (TPSA) is 46.6 Å². The van der Waals surface area contributed by atoms with Gasteiger partial charge < -0.3 is 9.64 Å². The zero-order valence-corrected chi connectivity index (χ0v) is 12.9. The van der Waals surface area contributed by atoms with Crippen molar-refractivity contribution < 1.29 is 14.3 Å². The van der Waals surface area contributed by atoms with E-state index in [9.17, 15) is 9.59 Å². The first kappa shape index (κ1) is 16.0. The molecule has 0 unspecified atom stereocenters. The Bertz CT molecular complexity index is 658. The summed E-state index contributed by atoms with van der Waals surface area (Å²) in [6.07, 6.45) is 0.